The Morgan fingerprint density at radius 2 is 1.50 bits per heavy atom. The quantitative estimate of drug-likeness (QED) is 0.816. The van der Waals surface area contributed by atoms with Gasteiger partial charge in [0.15, 0.2) is 0 Å². The van der Waals surface area contributed by atoms with E-state index in [-0.39, 0.29) is 6.61 Å². The molecule has 20 heavy (non-hydrogen) atoms. The third kappa shape index (κ3) is 4.54. The molecule has 0 saturated carbocycles. The van der Waals surface area contributed by atoms with Crippen LogP contribution < -0.4 is 5.11 Å². The summed E-state index contributed by atoms with van der Waals surface area (Å²) < 4.78 is 6.01. The maximum absolute atomic E-state index is 10.1. The average Bonchev–Trinajstić information content (AvgIpc) is 3.21. The summed E-state index contributed by atoms with van der Waals surface area (Å²) in [5.41, 5.74) is 0.854. The van der Waals surface area contributed by atoms with Gasteiger partial charge in [0, 0.05) is 0 Å². The molecule has 0 saturated heterocycles. The molecule has 2 aliphatic rings. The average molecular weight is 344 g/mol. The van der Waals surface area contributed by atoms with Crippen molar-refractivity contribution in [2.45, 2.75) is 24.1 Å². The van der Waals surface area contributed by atoms with E-state index in [1.54, 1.807) is 6.56 Å². The van der Waals surface area contributed by atoms with E-state index in [0.29, 0.717) is 0 Å². The molecule has 3 rings (SSSR count). The van der Waals surface area contributed by atoms with E-state index < -0.39 is 21.8 Å². The molecule has 1 nitrogen and oxygen atoms in total. The Labute approximate surface area is 129 Å². The fraction of sp³-hybridized carbons (Fsp3) is 0.222. The first kappa shape index (κ1) is 15.4. The number of allylic oxidation sites excluding steroid dienone is 8. The van der Waals surface area contributed by atoms with Crippen molar-refractivity contribution < 1.29 is 26.9 Å². The maximum Gasteiger partial charge on any atom is -0.0604 e. The largest absolute Gasteiger partial charge is 0.851 e. The molecule has 0 spiro atoms. The van der Waals surface area contributed by atoms with Gasteiger partial charge in [-0.15, -0.1) is 6.61 Å². The van der Waals surface area contributed by atoms with Crippen LogP contribution in [-0.4, -0.2) is 0 Å². The van der Waals surface area contributed by atoms with E-state index in [4.69, 9.17) is 0 Å². The smallest absolute Gasteiger partial charge is 0.0604 e. The molecular formula is C18H20OZr. The van der Waals surface area contributed by atoms with E-state index in [2.05, 4.69) is 41.1 Å². The van der Waals surface area contributed by atoms with Gasteiger partial charge in [0.25, 0.3) is 0 Å². The summed E-state index contributed by atoms with van der Waals surface area (Å²) in [6.45, 7) is -0.110. The number of hydrogen-bond donors (Lipinski definition) is 0. The standard InChI is InChI=1S/C7H7O.2C5H5.CH3.Zr/c8-6-7-4-2-1-3-5-7;2*1-2-4-5-3-1;;/h1-5H,6H2;2*1-3H,4H2;1H3;/q-1;;;;+1. The Balaban J connectivity index is 0.000000160. The molecule has 0 atom stereocenters. The van der Waals surface area contributed by atoms with Crippen LogP contribution in [-0.2, 0) is 28.4 Å². The van der Waals surface area contributed by atoms with Crippen molar-refractivity contribution in [3.8, 4) is 0 Å². The van der Waals surface area contributed by atoms with Gasteiger partial charge in [-0.3, -0.25) is 0 Å². The molecule has 0 N–H and O–H groups in total. The van der Waals surface area contributed by atoms with Gasteiger partial charge in [-0.05, 0) is 0 Å². The summed E-state index contributed by atoms with van der Waals surface area (Å²) in [5.74, 6) is 0. The zero-order valence-electron chi connectivity index (χ0n) is 11.9. The summed E-state index contributed by atoms with van der Waals surface area (Å²) >= 11 is -1.27. The van der Waals surface area contributed by atoms with Crippen molar-refractivity contribution in [2.24, 2.45) is 0 Å². The molecule has 0 fully saturated rings. The zero-order valence-corrected chi connectivity index (χ0v) is 14.3. The van der Waals surface area contributed by atoms with E-state index in [1.165, 1.54) is 12.8 Å². The van der Waals surface area contributed by atoms with Crippen LogP contribution in [0.15, 0.2) is 73.3 Å². The molecule has 2 aliphatic carbocycles. The van der Waals surface area contributed by atoms with Gasteiger partial charge in [-0.2, -0.15) is 0 Å². The third-order valence-corrected chi connectivity index (χ3v) is 10.1. The summed E-state index contributed by atoms with van der Waals surface area (Å²) in [7, 11) is 0. The van der Waals surface area contributed by atoms with E-state index in [9.17, 15) is 5.11 Å². The predicted molar refractivity (Wildman–Crippen MR) is 79.7 cm³/mol. The topological polar surface area (TPSA) is 23.1 Å². The molecular weight excluding hydrogens is 323 g/mol. The fourth-order valence-corrected chi connectivity index (χ4v) is 7.03. The molecule has 102 valence electrons. The molecule has 0 radical (unpaired) electrons. The van der Waals surface area contributed by atoms with Crippen molar-refractivity contribution in [1.29, 1.82) is 0 Å². The van der Waals surface area contributed by atoms with Crippen molar-refractivity contribution in [3.63, 3.8) is 0 Å². The molecule has 2 heteroatoms. The first-order valence-electron chi connectivity index (χ1n) is 6.99. The van der Waals surface area contributed by atoms with E-state index in [0.717, 1.165) is 5.56 Å². The molecule has 0 unspecified atom stereocenters. The first-order valence-corrected chi connectivity index (χ1v) is 11.9. The van der Waals surface area contributed by atoms with Crippen LogP contribution in [0.5, 0.6) is 0 Å². The maximum atomic E-state index is 10.1. The van der Waals surface area contributed by atoms with Crippen molar-refractivity contribution in [2.75, 3.05) is 0 Å². The van der Waals surface area contributed by atoms with Crippen LogP contribution in [0.1, 0.15) is 18.4 Å². The molecule has 0 aliphatic heterocycles. The molecule has 0 amide bonds. The Hall–Kier alpha value is -0.977. The van der Waals surface area contributed by atoms with Gasteiger partial charge in [0.05, 0.1) is 0 Å². The van der Waals surface area contributed by atoms with Crippen molar-refractivity contribution in [1.82, 2.24) is 0 Å². The van der Waals surface area contributed by atoms with Gasteiger partial charge in [-0.1, -0.05) is 35.9 Å². The number of benzene rings is 1. The Kier molecular flexibility index (Phi) is 6.43. The molecule has 0 bridgehead atoms. The summed E-state index contributed by atoms with van der Waals surface area (Å²) in [4.78, 5) is 0. The minimum Gasteiger partial charge on any atom is -0.851 e. The first-order chi connectivity index (χ1) is 9.81. The zero-order chi connectivity index (χ0) is 14.2. The molecule has 0 aromatic heterocycles. The van der Waals surface area contributed by atoms with Gasteiger partial charge in [0.1, 0.15) is 0 Å². The van der Waals surface area contributed by atoms with Gasteiger partial charge in [0.2, 0.25) is 0 Å². The van der Waals surface area contributed by atoms with Crippen LogP contribution in [0.3, 0.4) is 0 Å². The van der Waals surface area contributed by atoms with Crippen LogP contribution >= 0.6 is 0 Å². The van der Waals surface area contributed by atoms with Gasteiger partial charge >= 0.3 is 82.2 Å². The Bertz CT molecular complexity index is 508. The molecule has 1 aromatic carbocycles. The van der Waals surface area contributed by atoms with Crippen LogP contribution in [0.25, 0.3) is 0 Å². The second-order valence-electron chi connectivity index (χ2n) is 4.90. The molecule has 1 aromatic rings. The van der Waals surface area contributed by atoms with Crippen molar-refractivity contribution >= 4 is 0 Å². The predicted octanol–water partition coefficient (Wildman–Crippen LogP) is 3.89. The van der Waals surface area contributed by atoms with E-state index >= 15 is 0 Å². The molecule has 0 heterocycles. The van der Waals surface area contributed by atoms with Crippen molar-refractivity contribution in [3.05, 3.63) is 78.9 Å². The minimum absolute atomic E-state index is 0.110. The third-order valence-electron chi connectivity index (χ3n) is 3.52. The number of hydrogen-bond acceptors (Lipinski definition) is 1. The van der Waals surface area contributed by atoms with Gasteiger partial charge in [-0.25, -0.2) is 0 Å². The normalized spacial score (nSPS) is 15.5. The number of rotatable bonds is 3. The van der Waals surface area contributed by atoms with Gasteiger partial charge < -0.3 is 5.11 Å². The summed E-state index contributed by atoms with van der Waals surface area (Å²) in [6, 6.07) is 9.29. The monoisotopic (exact) mass is 342 g/mol. The Morgan fingerprint density at radius 1 is 0.950 bits per heavy atom. The SMILES string of the molecule is [CH3][Zr+]([C]1=CC=CC1)[C]1=CC=CC1.[O-]Cc1ccccc1. The van der Waals surface area contributed by atoms with Crippen LogP contribution in [0.2, 0.25) is 4.63 Å². The Morgan fingerprint density at radius 3 is 1.85 bits per heavy atom. The second kappa shape index (κ2) is 8.34. The van der Waals surface area contributed by atoms with E-state index in [1.807, 2.05) is 30.3 Å². The summed E-state index contributed by atoms with van der Waals surface area (Å²) in [6.07, 6.45) is 16.1. The summed E-state index contributed by atoms with van der Waals surface area (Å²) in [5, 5.41) is 10.1. The van der Waals surface area contributed by atoms with Crippen LogP contribution in [0.4, 0.5) is 0 Å². The second-order valence-corrected chi connectivity index (χ2v) is 11.1. The fourth-order valence-electron chi connectivity index (χ4n) is 2.23. The minimum atomic E-state index is -1.27. The van der Waals surface area contributed by atoms with Crippen LogP contribution in [0, 0.1) is 0 Å².